The molecule has 128 valence electrons. The molecular weight excluding hydrogens is 310 g/mol. The predicted molar refractivity (Wildman–Crippen MR) is 85.2 cm³/mol. The molecule has 2 aliphatic rings. The van der Waals surface area contributed by atoms with Crippen LogP contribution < -0.4 is 10.2 Å². The van der Waals surface area contributed by atoms with Crippen LogP contribution >= 0.6 is 0 Å². The van der Waals surface area contributed by atoms with Gasteiger partial charge in [0.05, 0.1) is 13.2 Å². The summed E-state index contributed by atoms with van der Waals surface area (Å²) < 4.78 is 5.31. The first-order valence-electron chi connectivity index (χ1n) is 8.24. The molecule has 2 fully saturated rings. The number of morpholine rings is 1. The summed E-state index contributed by atoms with van der Waals surface area (Å²) >= 11 is 0. The van der Waals surface area contributed by atoms with Gasteiger partial charge in [0.1, 0.15) is 13.1 Å². The molecule has 0 bridgehead atoms. The number of carbonyl (C=O) groups excluding carboxylic acids is 3. The standard InChI is InChI=1S/C17H21N3O4/c1-2-17(13-6-4-3-5-7-13)14(21)18-16(23)20(15(17)22)12-19-8-10-24-11-9-19/h3-7H,2,8-12H2,1H3,(H,18,21,23)/p+1/t17-/m1/s1. The van der Waals surface area contributed by atoms with Gasteiger partial charge in [-0.05, 0) is 12.0 Å². The Balaban J connectivity index is 1.92. The second-order valence-corrected chi connectivity index (χ2v) is 6.14. The van der Waals surface area contributed by atoms with E-state index in [1.54, 1.807) is 31.2 Å². The van der Waals surface area contributed by atoms with Crippen molar-refractivity contribution in [2.45, 2.75) is 18.8 Å². The van der Waals surface area contributed by atoms with Gasteiger partial charge in [-0.3, -0.25) is 14.9 Å². The number of carbonyl (C=O) groups is 3. The number of benzene rings is 1. The fourth-order valence-corrected chi connectivity index (χ4v) is 3.37. The van der Waals surface area contributed by atoms with Crippen molar-refractivity contribution in [2.75, 3.05) is 33.0 Å². The Morgan fingerprint density at radius 1 is 1.17 bits per heavy atom. The summed E-state index contributed by atoms with van der Waals surface area (Å²) in [7, 11) is 0. The molecule has 0 saturated carbocycles. The third-order valence-electron chi connectivity index (χ3n) is 4.84. The van der Waals surface area contributed by atoms with E-state index in [0.29, 0.717) is 25.2 Å². The van der Waals surface area contributed by atoms with Gasteiger partial charge in [-0.25, -0.2) is 9.69 Å². The SMILES string of the molecule is CC[C@@]1(c2ccccc2)C(=O)NC(=O)N(C[NH+]2CCOCC2)C1=O. The maximum Gasteiger partial charge on any atom is 0.335 e. The second-order valence-electron chi connectivity index (χ2n) is 6.14. The van der Waals surface area contributed by atoms with Crippen LogP contribution in [0.2, 0.25) is 0 Å². The number of ether oxygens (including phenoxy) is 1. The number of quaternary nitrogens is 1. The first kappa shape index (κ1) is 16.6. The van der Waals surface area contributed by atoms with Crippen molar-refractivity contribution >= 4 is 17.8 Å². The normalized spacial score (nSPS) is 25.7. The summed E-state index contributed by atoms with van der Waals surface area (Å²) in [6.07, 6.45) is 0.296. The molecule has 0 aliphatic carbocycles. The largest absolute Gasteiger partial charge is 0.370 e. The van der Waals surface area contributed by atoms with Gasteiger partial charge < -0.3 is 9.64 Å². The van der Waals surface area contributed by atoms with Gasteiger partial charge in [-0.1, -0.05) is 37.3 Å². The molecule has 0 radical (unpaired) electrons. The molecule has 1 atom stereocenters. The molecule has 0 unspecified atom stereocenters. The van der Waals surface area contributed by atoms with Crippen LogP contribution in [0.1, 0.15) is 18.9 Å². The highest BCUT2D eigenvalue weighted by Crippen LogP contribution is 2.33. The Kier molecular flexibility index (Phi) is 4.64. The van der Waals surface area contributed by atoms with Crippen LogP contribution in [0.25, 0.3) is 0 Å². The fraction of sp³-hybridized carbons (Fsp3) is 0.471. The molecule has 2 aliphatic heterocycles. The van der Waals surface area contributed by atoms with Gasteiger partial charge in [0.2, 0.25) is 5.91 Å². The zero-order valence-electron chi connectivity index (χ0n) is 13.7. The third-order valence-corrected chi connectivity index (χ3v) is 4.84. The summed E-state index contributed by atoms with van der Waals surface area (Å²) in [4.78, 5) is 40.3. The molecule has 2 saturated heterocycles. The van der Waals surface area contributed by atoms with E-state index in [1.165, 1.54) is 4.90 Å². The topological polar surface area (TPSA) is 80.2 Å². The van der Waals surface area contributed by atoms with E-state index in [9.17, 15) is 14.4 Å². The molecule has 2 heterocycles. The lowest BCUT2D eigenvalue weighted by molar-refractivity contribution is -0.915. The molecule has 1 aromatic carbocycles. The average molecular weight is 332 g/mol. The van der Waals surface area contributed by atoms with Crippen LogP contribution in [0.15, 0.2) is 30.3 Å². The summed E-state index contributed by atoms with van der Waals surface area (Å²) in [6.45, 7) is 4.71. The lowest BCUT2D eigenvalue weighted by Crippen LogP contribution is -3.16. The van der Waals surface area contributed by atoms with Crippen LogP contribution in [0, 0.1) is 0 Å². The quantitative estimate of drug-likeness (QED) is 0.714. The minimum absolute atomic E-state index is 0.246. The summed E-state index contributed by atoms with van der Waals surface area (Å²) in [5.41, 5.74) is -0.731. The summed E-state index contributed by atoms with van der Waals surface area (Å²) in [5, 5.41) is 2.37. The minimum atomic E-state index is -1.35. The van der Waals surface area contributed by atoms with Gasteiger partial charge in [-0.15, -0.1) is 0 Å². The molecule has 2 N–H and O–H groups in total. The van der Waals surface area contributed by atoms with Gasteiger partial charge in [0, 0.05) is 0 Å². The van der Waals surface area contributed by atoms with Crippen LogP contribution in [0.3, 0.4) is 0 Å². The number of rotatable bonds is 4. The van der Waals surface area contributed by atoms with Crippen LogP contribution in [-0.4, -0.2) is 55.7 Å². The van der Waals surface area contributed by atoms with E-state index in [1.807, 2.05) is 6.07 Å². The van der Waals surface area contributed by atoms with Crippen molar-refractivity contribution < 1.29 is 24.0 Å². The van der Waals surface area contributed by atoms with Gasteiger partial charge in [0.15, 0.2) is 12.1 Å². The molecule has 4 amide bonds. The third kappa shape index (κ3) is 2.70. The Morgan fingerprint density at radius 3 is 2.46 bits per heavy atom. The highest BCUT2D eigenvalue weighted by Gasteiger charge is 2.54. The monoisotopic (exact) mass is 332 g/mol. The van der Waals surface area contributed by atoms with E-state index in [0.717, 1.165) is 18.0 Å². The van der Waals surface area contributed by atoms with E-state index in [-0.39, 0.29) is 6.67 Å². The van der Waals surface area contributed by atoms with Crippen LogP contribution in [-0.2, 0) is 19.7 Å². The van der Waals surface area contributed by atoms with Crippen molar-refractivity contribution in [1.82, 2.24) is 10.2 Å². The zero-order valence-corrected chi connectivity index (χ0v) is 13.7. The first-order chi connectivity index (χ1) is 11.6. The van der Waals surface area contributed by atoms with E-state index in [2.05, 4.69) is 5.32 Å². The molecule has 3 rings (SSSR count). The van der Waals surface area contributed by atoms with E-state index >= 15 is 0 Å². The summed E-state index contributed by atoms with van der Waals surface area (Å²) in [6, 6.07) is 8.30. The fourth-order valence-electron chi connectivity index (χ4n) is 3.37. The number of nitrogens with one attached hydrogen (secondary N) is 2. The molecule has 1 aromatic rings. The molecular formula is C17H22N3O4+. The molecule has 0 spiro atoms. The van der Waals surface area contributed by atoms with Crippen molar-refractivity contribution in [3.63, 3.8) is 0 Å². The zero-order chi connectivity index (χ0) is 17.2. The number of barbiturate groups is 1. The number of nitrogens with zero attached hydrogens (tertiary/aromatic N) is 1. The number of hydrogen-bond acceptors (Lipinski definition) is 4. The Morgan fingerprint density at radius 2 is 1.83 bits per heavy atom. The lowest BCUT2D eigenvalue weighted by atomic mass is 9.75. The van der Waals surface area contributed by atoms with Crippen molar-refractivity contribution in [3.8, 4) is 0 Å². The maximum absolute atomic E-state index is 13.2. The molecule has 0 aromatic heterocycles. The highest BCUT2D eigenvalue weighted by molar-refractivity contribution is 6.22. The maximum atomic E-state index is 13.2. The van der Waals surface area contributed by atoms with Gasteiger partial charge in [0.25, 0.3) is 5.91 Å². The number of urea groups is 1. The van der Waals surface area contributed by atoms with Gasteiger partial charge >= 0.3 is 6.03 Å². The van der Waals surface area contributed by atoms with E-state index in [4.69, 9.17) is 4.74 Å². The smallest absolute Gasteiger partial charge is 0.335 e. The minimum Gasteiger partial charge on any atom is -0.370 e. The van der Waals surface area contributed by atoms with Crippen LogP contribution in [0.4, 0.5) is 4.79 Å². The van der Waals surface area contributed by atoms with Crippen LogP contribution in [0.5, 0.6) is 0 Å². The van der Waals surface area contributed by atoms with Crippen molar-refractivity contribution in [1.29, 1.82) is 0 Å². The molecule has 7 nitrogen and oxygen atoms in total. The number of imide groups is 2. The molecule has 24 heavy (non-hydrogen) atoms. The van der Waals surface area contributed by atoms with Gasteiger partial charge in [-0.2, -0.15) is 0 Å². The van der Waals surface area contributed by atoms with Crippen molar-refractivity contribution in [2.24, 2.45) is 0 Å². The average Bonchev–Trinajstić information content (AvgIpc) is 2.61. The van der Waals surface area contributed by atoms with Crippen molar-refractivity contribution in [3.05, 3.63) is 35.9 Å². The molecule has 7 heteroatoms. The Hall–Kier alpha value is -2.25. The van der Waals surface area contributed by atoms with E-state index < -0.39 is 23.3 Å². The predicted octanol–water partition coefficient (Wildman–Crippen LogP) is -0.715. The Bertz CT molecular complexity index is 642. The summed E-state index contributed by atoms with van der Waals surface area (Å²) in [5.74, 6) is -0.983. The number of hydrogen-bond donors (Lipinski definition) is 2. The number of amides is 4. The second kappa shape index (κ2) is 6.70. The highest BCUT2D eigenvalue weighted by atomic mass is 16.5. The Labute approximate surface area is 140 Å². The lowest BCUT2D eigenvalue weighted by Gasteiger charge is -2.40. The first-order valence-corrected chi connectivity index (χ1v) is 8.24.